The number of Topliss-reactive ketones (excluding diaryl/α,β-unsaturated/α-hetero) is 1. The number of amides is 1. The van der Waals surface area contributed by atoms with Crippen LogP contribution < -0.4 is 10.2 Å². The number of anilines is 1. The summed E-state index contributed by atoms with van der Waals surface area (Å²) in [6.45, 7) is 3.57. The highest BCUT2D eigenvalue weighted by Gasteiger charge is 2.28. The van der Waals surface area contributed by atoms with Crippen LogP contribution in [0.3, 0.4) is 0 Å². The topological polar surface area (TPSA) is 88.0 Å². The molecule has 0 atom stereocenters. The summed E-state index contributed by atoms with van der Waals surface area (Å²) < 4.78 is 26.5. The first-order valence-electron chi connectivity index (χ1n) is 9.81. The lowest BCUT2D eigenvalue weighted by atomic mass is 10.1. The normalized spacial score (nSPS) is 15.9. The zero-order valence-corrected chi connectivity index (χ0v) is 17.7. The Morgan fingerprint density at radius 2 is 1.77 bits per heavy atom. The lowest BCUT2D eigenvalue weighted by Crippen LogP contribution is -3.15. The number of hydrogen-bond acceptors (Lipinski definition) is 4. The van der Waals surface area contributed by atoms with Gasteiger partial charge < -0.3 is 10.2 Å². The zero-order valence-electron chi connectivity index (χ0n) is 16.9. The molecule has 0 aromatic heterocycles. The highest BCUT2D eigenvalue weighted by Crippen LogP contribution is 2.11. The van der Waals surface area contributed by atoms with Crippen molar-refractivity contribution in [2.75, 3.05) is 38.0 Å². The first-order valence-corrected chi connectivity index (χ1v) is 11.3. The molecule has 1 heterocycles. The molecule has 1 aliphatic rings. The summed E-state index contributed by atoms with van der Waals surface area (Å²) in [5.74, 6) is -0.221. The van der Waals surface area contributed by atoms with E-state index in [1.807, 2.05) is 30.3 Å². The number of piperazine rings is 1. The zero-order chi connectivity index (χ0) is 21.6. The van der Waals surface area contributed by atoms with Crippen molar-refractivity contribution in [1.29, 1.82) is 0 Å². The van der Waals surface area contributed by atoms with Crippen molar-refractivity contribution in [3.63, 3.8) is 0 Å². The van der Waals surface area contributed by atoms with Crippen LogP contribution in [-0.4, -0.2) is 57.1 Å². The number of carbonyl (C=O) groups is 2. The number of carbonyl (C=O) groups excluding carboxylic acids is 2. The van der Waals surface area contributed by atoms with E-state index in [4.69, 9.17) is 0 Å². The predicted molar refractivity (Wildman–Crippen MR) is 117 cm³/mol. The van der Waals surface area contributed by atoms with Crippen LogP contribution in [0.15, 0.2) is 60.0 Å². The van der Waals surface area contributed by atoms with E-state index in [0.29, 0.717) is 37.4 Å². The molecule has 0 aliphatic carbocycles. The molecule has 1 amide bonds. The van der Waals surface area contributed by atoms with Crippen molar-refractivity contribution in [3.05, 3.63) is 71.1 Å². The largest absolute Gasteiger partial charge is 0.325 e. The van der Waals surface area contributed by atoms with E-state index in [1.54, 1.807) is 30.3 Å². The van der Waals surface area contributed by atoms with Gasteiger partial charge in [0.1, 0.15) is 0 Å². The highest BCUT2D eigenvalue weighted by molar-refractivity contribution is 7.92. The number of benzene rings is 2. The summed E-state index contributed by atoms with van der Waals surface area (Å²) in [7, 11) is -3.49. The molecule has 2 aromatic rings. The highest BCUT2D eigenvalue weighted by atomic mass is 32.2. The molecule has 3 rings (SSSR count). The number of sulfonamides is 1. The van der Waals surface area contributed by atoms with Gasteiger partial charge in [-0.05, 0) is 30.7 Å². The number of nitrogens with one attached hydrogen (secondary N) is 2. The molecule has 0 saturated carbocycles. The third-order valence-corrected chi connectivity index (χ3v) is 6.55. The minimum absolute atomic E-state index is 0.0598. The summed E-state index contributed by atoms with van der Waals surface area (Å²) >= 11 is 0. The van der Waals surface area contributed by atoms with Gasteiger partial charge in [0.05, 0.1) is 26.2 Å². The van der Waals surface area contributed by atoms with Crippen LogP contribution in [0.25, 0.3) is 6.08 Å². The molecule has 0 radical (unpaired) electrons. The van der Waals surface area contributed by atoms with Crippen molar-refractivity contribution in [2.24, 2.45) is 0 Å². The number of rotatable bonds is 7. The molecule has 1 saturated heterocycles. The monoisotopic (exact) mass is 428 g/mol. The van der Waals surface area contributed by atoms with Gasteiger partial charge in [-0.2, -0.15) is 4.31 Å². The van der Waals surface area contributed by atoms with Crippen LogP contribution >= 0.6 is 0 Å². The average molecular weight is 429 g/mol. The Morgan fingerprint density at radius 3 is 2.43 bits per heavy atom. The molecule has 7 nitrogen and oxygen atoms in total. The molecular formula is C22H26N3O4S+. The van der Waals surface area contributed by atoms with Crippen LogP contribution in [0.5, 0.6) is 0 Å². The Hall–Kier alpha value is -2.81. The van der Waals surface area contributed by atoms with Gasteiger partial charge in [-0.3, -0.25) is 9.59 Å². The van der Waals surface area contributed by atoms with Crippen molar-refractivity contribution >= 4 is 33.5 Å². The molecule has 30 heavy (non-hydrogen) atoms. The fraction of sp³-hybridized carbons (Fsp3) is 0.273. The number of ketones is 1. The Balaban J connectivity index is 1.50. The number of quaternary nitrogens is 1. The average Bonchev–Trinajstić information content (AvgIpc) is 2.73. The third kappa shape index (κ3) is 6.09. The Kier molecular flexibility index (Phi) is 7.15. The maximum Gasteiger partial charge on any atom is 0.279 e. The molecule has 2 aromatic carbocycles. The predicted octanol–water partition coefficient (Wildman–Crippen LogP) is 1.03. The van der Waals surface area contributed by atoms with Gasteiger partial charge in [-0.15, -0.1) is 0 Å². The maximum atomic E-state index is 12.5. The van der Waals surface area contributed by atoms with Gasteiger partial charge in [0, 0.05) is 16.7 Å². The van der Waals surface area contributed by atoms with Gasteiger partial charge in [0.2, 0.25) is 10.0 Å². The number of hydrogen-bond donors (Lipinski definition) is 2. The van der Waals surface area contributed by atoms with E-state index in [2.05, 4.69) is 5.32 Å². The lowest BCUT2D eigenvalue weighted by molar-refractivity contribution is -0.895. The SMILES string of the molecule is CC(=O)c1cccc(NC(=O)C[NH+]2CCN(S(=O)(=O)/C=C/c3ccccc3)CC2)c1. The smallest absolute Gasteiger partial charge is 0.279 e. The summed E-state index contributed by atoms with van der Waals surface area (Å²) in [5.41, 5.74) is 1.96. The second kappa shape index (κ2) is 9.80. The summed E-state index contributed by atoms with van der Waals surface area (Å²) in [6.07, 6.45) is 1.59. The minimum Gasteiger partial charge on any atom is -0.325 e. The van der Waals surface area contributed by atoms with E-state index in [9.17, 15) is 18.0 Å². The van der Waals surface area contributed by atoms with E-state index < -0.39 is 10.0 Å². The minimum atomic E-state index is -3.49. The van der Waals surface area contributed by atoms with Crippen molar-refractivity contribution in [1.82, 2.24) is 4.31 Å². The first-order chi connectivity index (χ1) is 14.3. The Morgan fingerprint density at radius 1 is 1.07 bits per heavy atom. The molecule has 158 valence electrons. The quantitative estimate of drug-likeness (QED) is 0.645. The number of nitrogens with zero attached hydrogens (tertiary/aromatic N) is 1. The molecule has 1 fully saturated rings. The molecule has 0 bridgehead atoms. The van der Waals surface area contributed by atoms with Gasteiger partial charge in [0.15, 0.2) is 12.3 Å². The van der Waals surface area contributed by atoms with E-state index in [-0.39, 0.29) is 18.2 Å². The van der Waals surface area contributed by atoms with Gasteiger partial charge in [-0.1, -0.05) is 42.5 Å². The summed E-state index contributed by atoms with van der Waals surface area (Å²) in [6, 6.07) is 16.1. The van der Waals surface area contributed by atoms with Crippen LogP contribution in [0.1, 0.15) is 22.8 Å². The van der Waals surface area contributed by atoms with E-state index in [0.717, 1.165) is 10.5 Å². The van der Waals surface area contributed by atoms with Crippen LogP contribution in [0.2, 0.25) is 0 Å². The maximum absolute atomic E-state index is 12.5. The van der Waals surface area contributed by atoms with Crippen LogP contribution in [-0.2, 0) is 14.8 Å². The fourth-order valence-electron chi connectivity index (χ4n) is 3.30. The standard InChI is InChI=1S/C22H25N3O4S/c1-18(26)20-8-5-9-21(16-20)23-22(27)17-24-11-13-25(14-12-24)30(28,29)15-10-19-6-3-2-4-7-19/h2-10,15-16H,11-14,17H2,1H3,(H,23,27)/p+1/b15-10+. The molecule has 0 unspecified atom stereocenters. The summed E-state index contributed by atoms with van der Waals surface area (Å²) in [4.78, 5) is 24.8. The Bertz CT molecular complexity index is 1030. The van der Waals surface area contributed by atoms with E-state index in [1.165, 1.54) is 16.6 Å². The molecule has 1 aliphatic heterocycles. The van der Waals surface area contributed by atoms with Crippen molar-refractivity contribution < 1.29 is 22.9 Å². The van der Waals surface area contributed by atoms with Crippen LogP contribution in [0.4, 0.5) is 5.69 Å². The van der Waals surface area contributed by atoms with Gasteiger partial charge >= 0.3 is 0 Å². The second-order valence-electron chi connectivity index (χ2n) is 7.27. The molecule has 0 spiro atoms. The third-order valence-electron chi connectivity index (χ3n) is 4.98. The molecular weight excluding hydrogens is 402 g/mol. The summed E-state index contributed by atoms with van der Waals surface area (Å²) in [5, 5.41) is 4.05. The first kappa shape index (κ1) is 21.9. The van der Waals surface area contributed by atoms with Crippen LogP contribution in [0, 0.1) is 0 Å². The molecule has 2 N–H and O–H groups in total. The Labute approximate surface area is 177 Å². The van der Waals surface area contributed by atoms with Gasteiger partial charge in [0.25, 0.3) is 5.91 Å². The second-order valence-corrected chi connectivity index (χ2v) is 9.09. The lowest BCUT2D eigenvalue weighted by Gasteiger charge is -2.30. The van der Waals surface area contributed by atoms with E-state index >= 15 is 0 Å². The molecule has 8 heteroatoms. The van der Waals surface area contributed by atoms with Gasteiger partial charge in [-0.25, -0.2) is 8.42 Å². The van der Waals surface area contributed by atoms with Crippen molar-refractivity contribution in [3.8, 4) is 0 Å². The fourth-order valence-corrected chi connectivity index (χ4v) is 4.49. The van der Waals surface area contributed by atoms with Crippen molar-refractivity contribution in [2.45, 2.75) is 6.92 Å².